The second-order valence-corrected chi connectivity index (χ2v) is 5.13. The van der Waals surface area contributed by atoms with Crippen molar-refractivity contribution in [2.45, 2.75) is 6.42 Å². The molecule has 0 fully saturated rings. The molecular formula is C13H18BrN3O3. The van der Waals surface area contributed by atoms with Crippen LogP contribution >= 0.6 is 15.9 Å². The van der Waals surface area contributed by atoms with Crippen LogP contribution in [0.3, 0.4) is 0 Å². The molecule has 1 aromatic rings. The van der Waals surface area contributed by atoms with Crippen molar-refractivity contribution in [3.05, 3.63) is 28.2 Å². The number of hydrogen-bond donors (Lipinski definition) is 3. The lowest BCUT2D eigenvalue weighted by Crippen LogP contribution is -2.33. The van der Waals surface area contributed by atoms with Gasteiger partial charge in [0.1, 0.15) is 0 Å². The third-order valence-electron chi connectivity index (χ3n) is 2.74. The first-order valence-electron chi connectivity index (χ1n) is 6.16. The molecule has 0 heterocycles. The largest absolute Gasteiger partial charge is 0.478 e. The van der Waals surface area contributed by atoms with Crippen LogP contribution in [0.25, 0.3) is 0 Å². The second-order valence-electron chi connectivity index (χ2n) is 4.28. The molecule has 0 atom stereocenters. The lowest BCUT2D eigenvalue weighted by Gasteiger charge is -2.19. The summed E-state index contributed by atoms with van der Waals surface area (Å²) in [5.74, 6) is -1.08. The summed E-state index contributed by atoms with van der Waals surface area (Å²) >= 11 is 3.25. The lowest BCUT2D eigenvalue weighted by molar-refractivity contribution is 0.0698. The van der Waals surface area contributed by atoms with Crippen LogP contribution in [0.1, 0.15) is 16.8 Å². The summed E-state index contributed by atoms with van der Waals surface area (Å²) in [5, 5.41) is 14.7. The fraction of sp³-hybridized carbons (Fsp3) is 0.385. The van der Waals surface area contributed by atoms with Crippen molar-refractivity contribution in [2.75, 3.05) is 32.5 Å². The average molecular weight is 344 g/mol. The van der Waals surface area contributed by atoms with E-state index in [1.54, 1.807) is 19.2 Å². The van der Waals surface area contributed by atoms with Gasteiger partial charge in [-0.3, -0.25) is 0 Å². The highest BCUT2D eigenvalue weighted by molar-refractivity contribution is 9.10. The molecule has 110 valence electrons. The summed E-state index contributed by atoms with van der Waals surface area (Å²) in [4.78, 5) is 24.7. The van der Waals surface area contributed by atoms with Crippen molar-refractivity contribution < 1.29 is 14.7 Å². The van der Waals surface area contributed by atoms with E-state index in [1.807, 2.05) is 7.05 Å². The van der Waals surface area contributed by atoms with Gasteiger partial charge in [0.05, 0.1) is 11.3 Å². The minimum Gasteiger partial charge on any atom is -0.478 e. The van der Waals surface area contributed by atoms with Crippen LogP contribution in [-0.2, 0) is 0 Å². The van der Waals surface area contributed by atoms with Crippen molar-refractivity contribution in [3.63, 3.8) is 0 Å². The van der Waals surface area contributed by atoms with E-state index in [0.29, 0.717) is 11.0 Å². The number of nitrogens with one attached hydrogen (secondary N) is 2. The number of nitrogens with zero attached hydrogens (tertiary/aromatic N) is 1. The van der Waals surface area contributed by atoms with Gasteiger partial charge in [0.15, 0.2) is 0 Å². The Labute approximate surface area is 126 Å². The van der Waals surface area contributed by atoms with Gasteiger partial charge in [-0.15, -0.1) is 0 Å². The van der Waals surface area contributed by atoms with E-state index in [4.69, 9.17) is 5.11 Å². The Morgan fingerprint density at radius 3 is 2.70 bits per heavy atom. The molecule has 0 aliphatic rings. The zero-order valence-corrected chi connectivity index (χ0v) is 13.0. The minimum atomic E-state index is -1.08. The summed E-state index contributed by atoms with van der Waals surface area (Å²) in [5.41, 5.74) is 0.321. The second kappa shape index (κ2) is 7.86. The zero-order chi connectivity index (χ0) is 15.1. The molecule has 0 saturated heterocycles. The van der Waals surface area contributed by atoms with Crippen LogP contribution in [0, 0.1) is 0 Å². The van der Waals surface area contributed by atoms with Crippen LogP contribution < -0.4 is 10.6 Å². The average Bonchev–Trinajstić information content (AvgIpc) is 2.40. The summed E-state index contributed by atoms with van der Waals surface area (Å²) < 4.78 is 0.536. The number of hydrogen-bond acceptors (Lipinski definition) is 3. The minimum absolute atomic E-state index is 0.0522. The number of carboxylic acid groups (broad SMARTS) is 1. The Morgan fingerprint density at radius 2 is 2.10 bits per heavy atom. The maximum Gasteiger partial charge on any atom is 0.337 e. The molecule has 0 saturated carbocycles. The van der Waals surface area contributed by atoms with Gasteiger partial charge in [-0.25, -0.2) is 9.59 Å². The van der Waals surface area contributed by atoms with E-state index in [-0.39, 0.29) is 17.3 Å². The van der Waals surface area contributed by atoms with E-state index in [2.05, 4.69) is 26.6 Å². The molecule has 2 amide bonds. The summed E-state index contributed by atoms with van der Waals surface area (Å²) in [6, 6.07) is 4.41. The van der Waals surface area contributed by atoms with Gasteiger partial charge in [0.25, 0.3) is 0 Å². The highest BCUT2D eigenvalue weighted by Gasteiger charge is 2.17. The molecule has 1 aromatic carbocycles. The molecule has 20 heavy (non-hydrogen) atoms. The Morgan fingerprint density at radius 1 is 1.40 bits per heavy atom. The Hall–Kier alpha value is -1.60. The molecule has 0 aromatic heterocycles. The van der Waals surface area contributed by atoms with E-state index >= 15 is 0 Å². The fourth-order valence-corrected chi connectivity index (χ4v) is 2.09. The van der Waals surface area contributed by atoms with E-state index in [9.17, 15) is 9.59 Å². The smallest absolute Gasteiger partial charge is 0.337 e. The number of urea groups is 1. The van der Waals surface area contributed by atoms with Gasteiger partial charge >= 0.3 is 12.0 Å². The molecule has 0 unspecified atom stereocenters. The molecule has 0 bridgehead atoms. The molecular weight excluding hydrogens is 326 g/mol. The molecule has 0 aliphatic heterocycles. The Balaban J connectivity index is 2.77. The SMILES string of the molecule is CNCCCN(C)C(=O)Nc1c(Br)cccc1C(=O)O. The summed E-state index contributed by atoms with van der Waals surface area (Å²) in [7, 11) is 3.52. The van der Waals surface area contributed by atoms with Gasteiger partial charge in [-0.1, -0.05) is 6.07 Å². The number of rotatable bonds is 6. The lowest BCUT2D eigenvalue weighted by atomic mass is 10.2. The van der Waals surface area contributed by atoms with E-state index < -0.39 is 5.97 Å². The van der Waals surface area contributed by atoms with Crippen LogP contribution in [0.4, 0.5) is 10.5 Å². The van der Waals surface area contributed by atoms with Crippen molar-refractivity contribution >= 4 is 33.6 Å². The van der Waals surface area contributed by atoms with E-state index in [0.717, 1.165) is 13.0 Å². The Bertz CT molecular complexity index is 494. The third kappa shape index (κ3) is 4.50. The first-order chi connectivity index (χ1) is 9.47. The molecule has 0 radical (unpaired) electrons. The fourth-order valence-electron chi connectivity index (χ4n) is 1.63. The van der Waals surface area contributed by atoms with Crippen molar-refractivity contribution in [3.8, 4) is 0 Å². The maximum absolute atomic E-state index is 12.0. The molecule has 6 nitrogen and oxygen atoms in total. The molecule has 1 rings (SSSR count). The molecule has 3 N–H and O–H groups in total. The van der Waals surface area contributed by atoms with Crippen molar-refractivity contribution in [1.29, 1.82) is 0 Å². The number of carbonyl (C=O) groups is 2. The quantitative estimate of drug-likeness (QED) is 0.691. The van der Waals surface area contributed by atoms with Crippen molar-refractivity contribution in [1.82, 2.24) is 10.2 Å². The topological polar surface area (TPSA) is 81.7 Å². The molecule has 0 aliphatic carbocycles. The number of amides is 2. The van der Waals surface area contributed by atoms with Gasteiger partial charge in [0, 0.05) is 18.1 Å². The number of halogens is 1. The standard InChI is InChI=1S/C13H18BrN3O3/c1-15-7-4-8-17(2)13(20)16-11-9(12(18)19)5-3-6-10(11)14/h3,5-6,15H,4,7-8H2,1-2H3,(H,16,20)(H,18,19). The zero-order valence-electron chi connectivity index (χ0n) is 11.4. The number of benzene rings is 1. The predicted molar refractivity (Wildman–Crippen MR) is 81.3 cm³/mol. The predicted octanol–water partition coefficient (Wildman–Crippen LogP) is 2.22. The van der Waals surface area contributed by atoms with Gasteiger partial charge in [-0.05, 0) is 48.1 Å². The van der Waals surface area contributed by atoms with Crippen LogP contribution in [0.2, 0.25) is 0 Å². The maximum atomic E-state index is 12.0. The summed E-state index contributed by atoms with van der Waals surface area (Å²) in [6.07, 6.45) is 0.822. The van der Waals surface area contributed by atoms with Gasteiger partial charge in [-0.2, -0.15) is 0 Å². The molecule has 0 spiro atoms. The Kier molecular flexibility index (Phi) is 6.47. The van der Waals surface area contributed by atoms with Crippen LogP contribution in [0.15, 0.2) is 22.7 Å². The monoisotopic (exact) mass is 343 g/mol. The number of anilines is 1. The van der Waals surface area contributed by atoms with Gasteiger partial charge < -0.3 is 20.6 Å². The summed E-state index contributed by atoms with van der Waals surface area (Å²) in [6.45, 7) is 1.40. The highest BCUT2D eigenvalue weighted by Crippen LogP contribution is 2.26. The van der Waals surface area contributed by atoms with Crippen molar-refractivity contribution in [2.24, 2.45) is 0 Å². The van der Waals surface area contributed by atoms with E-state index in [1.165, 1.54) is 11.0 Å². The van der Waals surface area contributed by atoms with Crippen LogP contribution in [-0.4, -0.2) is 49.2 Å². The first kappa shape index (κ1) is 16.5. The molecule has 7 heteroatoms. The number of para-hydroxylation sites is 1. The first-order valence-corrected chi connectivity index (χ1v) is 6.95. The number of carboxylic acids is 1. The number of carbonyl (C=O) groups excluding carboxylic acids is 1. The van der Waals surface area contributed by atoms with Gasteiger partial charge in [0.2, 0.25) is 0 Å². The highest BCUT2D eigenvalue weighted by atomic mass is 79.9. The normalized spacial score (nSPS) is 10.2. The third-order valence-corrected chi connectivity index (χ3v) is 3.40. The number of aromatic carboxylic acids is 1. The van der Waals surface area contributed by atoms with Crippen LogP contribution in [0.5, 0.6) is 0 Å².